The molecular weight excluding hydrogens is 166 g/mol. The highest BCUT2D eigenvalue weighted by atomic mass is 16.3. The van der Waals surface area contributed by atoms with Crippen LogP contribution in [0.15, 0.2) is 16.7 Å². The van der Waals surface area contributed by atoms with Crippen molar-refractivity contribution in [2.75, 3.05) is 0 Å². The summed E-state index contributed by atoms with van der Waals surface area (Å²) in [6.45, 7) is 3.79. The second kappa shape index (κ2) is 2.85. The van der Waals surface area contributed by atoms with Crippen molar-refractivity contribution in [3.05, 3.63) is 29.3 Å². The second-order valence-corrected chi connectivity index (χ2v) is 3.16. The average molecular weight is 177 g/mol. The van der Waals surface area contributed by atoms with Crippen molar-refractivity contribution in [3.8, 4) is 0 Å². The maximum absolute atomic E-state index is 9.10. The van der Waals surface area contributed by atoms with Crippen molar-refractivity contribution in [2.24, 2.45) is 0 Å². The lowest BCUT2D eigenvalue weighted by Gasteiger charge is -2.00. The van der Waals surface area contributed by atoms with Gasteiger partial charge in [0.15, 0.2) is 0 Å². The van der Waals surface area contributed by atoms with Gasteiger partial charge in [0.05, 0.1) is 18.6 Å². The van der Waals surface area contributed by atoms with Crippen LogP contribution in [0.4, 0.5) is 0 Å². The summed E-state index contributed by atoms with van der Waals surface area (Å²) in [5.74, 6) is 0. The van der Waals surface area contributed by atoms with Crippen molar-refractivity contribution >= 4 is 11.0 Å². The third-order valence-corrected chi connectivity index (χ3v) is 2.09. The average Bonchev–Trinajstić information content (AvgIpc) is 2.46. The summed E-state index contributed by atoms with van der Waals surface area (Å²) in [5.41, 5.74) is 3.38. The highest BCUT2D eigenvalue weighted by Crippen LogP contribution is 2.23. The number of fused-ring (bicyclic) bond motifs is 1. The molecule has 68 valence electrons. The smallest absolute Gasteiger partial charge is 0.137 e. The van der Waals surface area contributed by atoms with E-state index in [1.54, 1.807) is 6.26 Å². The Kier molecular flexibility index (Phi) is 1.81. The molecule has 2 rings (SSSR count). The van der Waals surface area contributed by atoms with E-state index < -0.39 is 0 Å². The van der Waals surface area contributed by atoms with Gasteiger partial charge < -0.3 is 9.52 Å². The van der Waals surface area contributed by atoms with E-state index in [1.165, 1.54) is 0 Å². The van der Waals surface area contributed by atoms with E-state index in [0.717, 1.165) is 22.2 Å². The number of rotatable bonds is 1. The molecule has 0 aliphatic heterocycles. The molecule has 0 aliphatic rings. The monoisotopic (exact) mass is 177 g/mol. The van der Waals surface area contributed by atoms with Crippen molar-refractivity contribution in [1.29, 1.82) is 0 Å². The van der Waals surface area contributed by atoms with Gasteiger partial charge in [0, 0.05) is 17.1 Å². The van der Waals surface area contributed by atoms with Crippen LogP contribution >= 0.6 is 0 Å². The Labute approximate surface area is 76.0 Å². The number of furan rings is 1. The molecule has 0 aliphatic carbocycles. The Balaban J connectivity index is 2.85. The van der Waals surface area contributed by atoms with Crippen molar-refractivity contribution < 1.29 is 9.52 Å². The molecule has 2 aromatic heterocycles. The first-order chi connectivity index (χ1) is 6.22. The summed E-state index contributed by atoms with van der Waals surface area (Å²) in [6, 6.07) is 1.88. The van der Waals surface area contributed by atoms with Crippen LogP contribution in [0.1, 0.15) is 17.0 Å². The molecule has 0 amide bonds. The molecule has 3 heteroatoms. The minimum absolute atomic E-state index is 0.0431. The van der Waals surface area contributed by atoms with Crippen LogP contribution in [0, 0.1) is 13.8 Å². The standard InChI is InChI=1S/C10H11NO2/c1-6-5-13-9-3-7(2)11-8(4-12)10(6)9/h3,5,12H,4H2,1-2H3. The Hall–Kier alpha value is -1.35. The maximum Gasteiger partial charge on any atom is 0.137 e. The third kappa shape index (κ3) is 1.21. The van der Waals surface area contributed by atoms with E-state index >= 15 is 0 Å². The molecule has 0 saturated heterocycles. The minimum atomic E-state index is -0.0431. The molecule has 0 bridgehead atoms. The van der Waals surface area contributed by atoms with Gasteiger partial charge in [-0.2, -0.15) is 0 Å². The molecule has 0 aromatic carbocycles. The van der Waals surface area contributed by atoms with Crippen LogP contribution in [0.2, 0.25) is 0 Å². The van der Waals surface area contributed by atoms with Crippen LogP contribution in [-0.4, -0.2) is 10.1 Å². The number of hydrogen-bond acceptors (Lipinski definition) is 3. The molecule has 0 unspecified atom stereocenters. The van der Waals surface area contributed by atoms with Gasteiger partial charge in [-0.1, -0.05) is 0 Å². The van der Waals surface area contributed by atoms with Crippen molar-refractivity contribution in [1.82, 2.24) is 4.98 Å². The summed E-state index contributed by atoms with van der Waals surface area (Å²) in [5, 5.41) is 10.0. The third-order valence-electron chi connectivity index (χ3n) is 2.09. The molecule has 0 atom stereocenters. The molecule has 3 nitrogen and oxygen atoms in total. The lowest BCUT2D eigenvalue weighted by molar-refractivity contribution is 0.278. The van der Waals surface area contributed by atoms with Gasteiger partial charge in [-0.3, -0.25) is 4.98 Å². The number of hydrogen-bond donors (Lipinski definition) is 1. The number of pyridine rings is 1. The van der Waals surface area contributed by atoms with Gasteiger partial charge in [-0.25, -0.2) is 0 Å². The lowest BCUT2D eigenvalue weighted by atomic mass is 10.1. The van der Waals surface area contributed by atoms with Gasteiger partial charge in [-0.15, -0.1) is 0 Å². The molecule has 2 heterocycles. The Morgan fingerprint density at radius 3 is 2.92 bits per heavy atom. The molecule has 0 spiro atoms. The van der Waals surface area contributed by atoms with Crippen molar-refractivity contribution in [3.63, 3.8) is 0 Å². The Morgan fingerprint density at radius 1 is 1.46 bits per heavy atom. The number of aliphatic hydroxyl groups excluding tert-OH is 1. The van der Waals surface area contributed by atoms with Gasteiger partial charge in [0.1, 0.15) is 5.58 Å². The zero-order chi connectivity index (χ0) is 9.42. The first kappa shape index (κ1) is 8.26. The Bertz CT molecular complexity index is 445. The maximum atomic E-state index is 9.10. The predicted molar refractivity (Wildman–Crippen MR) is 49.4 cm³/mol. The molecule has 0 fully saturated rings. The summed E-state index contributed by atoms with van der Waals surface area (Å²) < 4.78 is 5.32. The summed E-state index contributed by atoms with van der Waals surface area (Å²) in [7, 11) is 0. The van der Waals surface area contributed by atoms with Crippen LogP contribution in [0.5, 0.6) is 0 Å². The number of nitrogens with zero attached hydrogens (tertiary/aromatic N) is 1. The molecule has 1 N–H and O–H groups in total. The molecule has 0 saturated carbocycles. The highest BCUT2D eigenvalue weighted by Gasteiger charge is 2.08. The summed E-state index contributed by atoms with van der Waals surface area (Å²) in [6.07, 6.45) is 1.69. The molecule has 13 heavy (non-hydrogen) atoms. The zero-order valence-corrected chi connectivity index (χ0v) is 7.66. The largest absolute Gasteiger partial charge is 0.464 e. The first-order valence-corrected chi connectivity index (χ1v) is 4.17. The van der Waals surface area contributed by atoms with E-state index in [-0.39, 0.29) is 6.61 Å². The van der Waals surface area contributed by atoms with E-state index in [2.05, 4.69) is 4.98 Å². The van der Waals surface area contributed by atoms with Gasteiger partial charge >= 0.3 is 0 Å². The summed E-state index contributed by atoms with van der Waals surface area (Å²) >= 11 is 0. The van der Waals surface area contributed by atoms with Crippen LogP contribution in [0.25, 0.3) is 11.0 Å². The predicted octanol–water partition coefficient (Wildman–Crippen LogP) is 1.94. The Morgan fingerprint density at radius 2 is 2.23 bits per heavy atom. The normalized spacial score (nSPS) is 11.0. The van der Waals surface area contributed by atoms with Crippen molar-refractivity contribution in [2.45, 2.75) is 20.5 Å². The highest BCUT2D eigenvalue weighted by molar-refractivity contribution is 5.83. The SMILES string of the molecule is Cc1cc2occ(C)c2c(CO)n1. The second-order valence-electron chi connectivity index (χ2n) is 3.16. The first-order valence-electron chi connectivity index (χ1n) is 4.17. The topological polar surface area (TPSA) is 46.3 Å². The number of aryl methyl sites for hydroxylation is 2. The fraction of sp³-hybridized carbons (Fsp3) is 0.300. The van der Waals surface area contributed by atoms with E-state index in [0.29, 0.717) is 5.69 Å². The number of aromatic nitrogens is 1. The quantitative estimate of drug-likeness (QED) is 0.724. The zero-order valence-electron chi connectivity index (χ0n) is 7.66. The molecule has 2 aromatic rings. The molecule has 0 radical (unpaired) electrons. The van der Waals surface area contributed by atoms with Gasteiger partial charge in [0.2, 0.25) is 0 Å². The van der Waals surface area contributed by atoms with E-state index in [4.69, 9.17) is 9.52 Å². The summed E-state index contributed by atoms with van der Waals surface area (Å²) in [4.78, 5) is 4.24. The van der Waals surface area contributed by atoms with E-state index in [1.807, 2.05) is 19.9 Å². The molecular formula is C10H11NO2. The van der Waals surface area contributed by atoms with E-state index in [9.17, 15) is 0 Å². The number of aliphatic hydroxyl groups is 1. The van der Waals surface area contributed by atoms with Gasteiger partial charge in [0.25, 0.3) is 0 Å². The van der Waals surface area contributed by atoms with Crippen LogP contribution in [-0.2, 0) is 6.61 Å². The fourth-order valence-electron chi connectivity index (χ4n) is 1.55. The fourth-order valence-corrected chi connectivity index (χ4v) is 1.55. The van der Waals surface area contributed by atoms with Crippen LogP contribution < -0.4 is 0 Å². The minimum Gasteiger partial charge on any atom is -0.464 e. The van der Waals surface area contributed by atoms with Gasteiger partial charge in [-0.05, 0) is 19.4 Å². The lowest BCUT2D eigenvalue weighted by Crippen LogP contribution is -1.92. The van der Waals surface area contributed by atoms with Crippen LogP contribution in [0.3, 0.4) is 0 Å².